The van der Waals surface area contributed by atoms with Crippen LogP contribution in [0.3, 0.4) is 0 Å². The lowest BCUT2D eigenvalue weighted by Gasteiger charge is -2.14. The van der Waals surface area contributed by atoms with Crippen LogP contribution in [0.25, 0.3) is 11.1 Å². The van der Waals surface area contributed by atoms with Gasteiger partial charge in [0, 0.05) is 12.0 Å². The Balaban J connectivity index is 1.59. The quantitative estimate of drug-likeness (QED) is 0.401. The minimum atomic E-state index is -1.07. The van der Waals surface area contributed by atoms with Crippen LogP contribution < -0.4 is 20.5 Å². The first kappa shape index (κ1) is 24.3. The number of primary amides is 1. The average Bonchev–Trinajstić information content (AvgIpc) is 2.85. The predicted octanol–water partition coefficient (Wildman–Crippen LogP) is 3.39. The van der Waals surface area contributed by atoms with E-state index in [2.05, 4.69) is 5.32 Å². The summed E-state index contributed by atoms with van der Waals surface area (Å²) in [6.45, 7) is 0.416. The molecule has 0 aromatic heterocycles. The number of hydrogen-bond donors (Lipinski definition) is 3. The Morgan fingerprint density at radius 1 is 0.941 bits per heavy atom. The molecule has 0 fully saturated rings. The first-order chi connectivity index (χ1) is 16.4. The second-order valence-corrected chi connectivity index (χ2v) is 7.60. The van der Waals surface area contributed by atoms with Crippen molar-refractivity contribution in [1.29, 1.82) is 0 Å². The van der Waals surface area contributed by atoms with E-state index in [4.69, 9.17) is 20.3 Å². The maximum absolute atomic E-state index is 12.4. The summed E-state index contributed by atoms with van der Waals surface area (Å²) in [4.78, 5) is 34.7. The Morgan fingerprint density at radius 2 is 1.59 bits per heavy atom. The molecule has 3 aromatic rings. The fraction of sp³-hybridized carbons (Fsp3) is 0.192. The van der Waals surface area contributed by atoms with Crippen LogP contribution in [-0.4, -0.2) is 36.0 Å². The zero-order valence-electron chi connectivity index (χ0n) is 18.7. The Labute approximate surface area is 197 Å². The zero-order chi connectivity index (χ0) is 24.5. The minimum Gasteiger partial charge on any atom is -0.497 e. The summed E-state index contributed by atoms with van der Waals surface area (Å²) in [5, 5.41) is 11.3. The lowest BCUT2D eigenvalue weighted by molar-refractivity contribution is -0.137. The largest absolute Gasteiger partial charge is 0.497 e. The van der Waals surface area contributed by atoms with Gasteiger partial charge in [-0.1, -0.05) is 36.4 Å². The van der Waals surface area contributed by atoms with Gasteiger partial charge in [-0.15, -0.1) is 0 Å². The first-order valence-corrected chi connectivity index (χ1v) is 10.6. The van der Waals surface area contributed by atoms with E-state index < -0.39 is 23.8 Å². The number of ether oxygens (including phenoxy) is 2. The first-order valence-electron chi connectivity index (χ1n) is 10.6. The van der Waals surface area contributed by atoms with Crippen molar-refractivity contribution in [3.05, 3.63) is 83.9 Å². The van der Waals surface area contributed by atoms with E-state index in [1.54, 1.807) is 31.4 Å². The topological polar surface area (TPSA) is 128 Å². The number of carboxylic acid groups (broad SMARTS) is 1. The number of rotatable bonds is 11. The lowest BCUT2D eigenvalue weighted by atomic mass is 10.0. The molecule has 0 aliphatic rings. The highest BCUT2D eigenvalue weighted by Gasteiger charge is 2.20. The highest BCUT2D eigenvalue weighted by atomic mass is 16.5. The Bertz CT molecular complexity index is 1140. The van der Waals surface area contributed by atoms with Crippen LogP contribution in [0.1, 0.15) is 28.8 Å². The van der Waals surface area contributed by atoms with Crippen LogP contribution in [0, 0.1) is 0 Å². The van der Waals surface area contributed by atoms with Gasteiger partial charge in [-0.25, -0.2) is 0 Å². The molecule has 0 saturated carbocycles. The summed E-state index contributed by atoms with van der Waals surface area (Å²) in [6.07, 6.45) is -0.340. The third kappa shape index (κ3) is 6.83. The lowest BCUT2D eigenvalue weighted by Crippen LogP contribution is -2.44. The number of aliphatic carboxylic acids is 1. The molecule has 0 heterocycles. The highest BCUT2D eigenvalue weighted by molar-refractivity contribution is 5.97. The van der Waals surface area contributed by atoms with E-state index in [9.17, 15) is 14.4 Å². The van der Waals surface area contributed by atoms with E-state index in [-0.39, 0.29) is 12.8 Å². The maximum atomic E-state index is 12.4. The molecule has 3 rings (SSSR count). The van der Waals surface area contributed by atoms with Gasteiger partial charge in [-0.3, -0.25) is 14.4 Å². The number of carbonyl (C=O) groups is 3. The maximum Gasteiger partial charge on any atom is 0.303 e. The summed E-state index contributed by atoms with van der Waals surface area (Å²) < 4.78 is 11.1. The molecule has 8 nitrogen and oxygen atoms in total. The van der Waals surface area contributed by atoms with Gasteiger partial charge in [0.05, 0.1) is 7.11 Å². The Morgan fingerprint density at radius 3 is 2.18 bits per heavy atom. The number of benzene rings is 3. The molecule has 4 N–H and O–H groups in total. The van der Waals surface area contributed by atoms with Crippen molar-refractivity contribution in [1.82, 2.24) is 5.32 Å². The molecule has 8 heteroatoms. The van der Waals surface area contributed by atoms with Crippen LogP contribution in [0.15, 0.2) is 72.8 Å². The van der Waals surface area contributed by atoms with Crippen molar-refractivity contribution >= 4 is 17.8 Å². The van der Waals surface area contributed by atoms with Crippen LogP contribution >= 0.6 is 0 Å². The number of carbonyl (C=O) groups excluding carboxylic acids is 2. The molecule has 0 aliphatic carbocycles. The van der Waals surface area contributed by atoms with Crippen LogP contribution in [0.2, 0.25) is 0 Å². The minimum absolute atomic E-state index is 0.0687. The monoisotopic (exact) mass is 462 g/mol. The number of amides is 2. The van der Waals surface area contributed by atoms with Crippen molar-refractivity contribution in [3.63, 3.8) is 0 Å². The molecular weight excluding hydrogens is 436 g/mol. The molecule has 0 spiro atoms. The number of carboxylic acids is 1. The fourth-order valence-corrected chi connectivity index (χ4v) is 3.28. The average molecular weight is 463 g/mol. The van der Waals surface area contributed by atoms with E-state index in [1.807, 2.05) is 48.5 Å². The third-order valence-electron chi connectivity index (χ3n) is 5.17. The molecule has 0 unspecified atom stereocenters. The predicted molar refractivity (Wildman–Crippen MR) is 127 cm³/mol. The van der Waals surface area contributed by atoms with Crippen molar-refractivity contribution in [2.24, 2.45) is 5.73 Å². The van der Waals surface area contributed by atoms with E-state index in [1.165, 1.54) is 0 Å². The molecule has 2 amide bonds. The molecule has 34 heavy (non-hydrogen) atoms. The van der Waals surface area contributed by atoms with Crippen molar-refractivity contribution in [2.75, 3.05) is 7.11 Å². The Kier molecular flexibility index (Phi) is 8.23. The fourth-order valence-electron chi connectivity index (χ4n) is 3.28. The molecule has 0 radical (unpaired) electrons. The highest BCUT2D eigenvalue weighted by Crippen LogP contribution is 2.24. The van der Waals surface area contributed by atoms with Crippen molar-refractivity contribution < 1.29 is 29.0 Å². The summed E-state index contributed by atoms with van der Waals surface area (Å²) in [6, 6.07) is 21.1. The number of nitrogens with two attached hydrogens (primary N) is 1. The van der Waals surface area contributed by atoms with Gasteiger partial charge in [-0.05, 0) is 59.5 Å². The molecule has 0 saturated heterocycles. The van der Waals surface area contributed by atoms with Gasteiger partial charge in [0.25, 0.3) is 5.91 Å². The molecular formula is C26H26N2O6. The number of nitrogens with one attached hydrogen (secondary N) is 1. The standard InChI is InChI=1S/C26H26N2O6/c1-33-22-4-2-3-17(15-22)16-34-21-11-9-19(10-12-21)18-5-7-20(8-6-18)26(32)28-23(25(27)31)13-14-24(29)30/h2-12,15,23H,13-14,16H2,1H3,(H2,27,31)(H,28,32)(H,29,30)/t23-/m0/s1. The summed E-state index contributed by atoms with van der Waals surface area (Å²) in [7, 11) is 1.62. The third-order valence-corrected chi connectivity index (χ3v) is 5.17. The molecule has 176 valence electrons. The molecule has 1 atom stereocenters. The normalized spacial score (nSPS) is 11.3. The number of hydrogen-bond acceptors (Lipinski definition) is 5. The number of methoxy groups -OCH3 is 1. The van der Waals surface area contributed by atoms with E-state index in [0.29, 0.717) is 12.2 Å². The second kappa shape index (κ2) is 11.5. The van der Waals surface area contributed by atoms with E-state index >= 15 is 0 Å². The van der Waals surface area contributed by atoms with Crippen LogP contribution in [0.4, 0.5) is 0 Å². The van der Waals surface area contributed by atoms with Crippen molar-refractivity contribution in [2.45, 2.75) is 25.5 Å². The van der Waals surface area contributed by atoms with Gasteiger partial charge in [0.15, 0.2) is 0 Å². The molecule has 3 aromatic carbocycles. The smallest absolute Gasteiger partial charge is 0.303 e. The van der Waals surface area contributed by atoms with E-state index in [0.717, 1.165) is 28.2 Å². The summed E-state index contributed by atoms with van der Waals surface area (Å²) in [5.41, 5.74) is 8.44. The van der Waals surface area contributed by atoms with Crippen LogP contribution in [0.5, 0.6) is 11.5 Å². The molecule has 0 bridgehead atoms. The van der Waals surface area contributed by atoms with Crippen molar-refractivity contribution in [3.8, 4) is 22.6 Å². The van der Waals surface area contributed by atoms with Gasteiger partial charge in [0.2, 0.25) is 5.91 Å². The SMILES string of the molecule is COc1cccc(COc2ccc(-c3ccc(C(=O)N[C@@H](CCC(=O)O)C(N)=O)cc3)cc2)c1. The Hall–Kier alpha value is -4.33. The summed E-state index contributed by atoms with van der Waals surface area (Å²) in [5.74, 6) is -0.844. The second-order valence-electron chi connectivity index (χ2n) is 7.60. The van der Waals surface area contributed by atoms with Gasteiger partial charge >= 0.3 is 5.97 Å². The van der Waals surface area contributed by atoms with Gasteiger partial charge in [0.1, 0.15) is 24.1 Å². The van der Waals surface area contributed by atoms with Gasteiger partial charge in [-0.2, -0.15) is 0 Å². The molecule has 0 aliphatic heterocycles. The van der Waals surface area contributed by atoms with Gasteiger partial charge < -0.3 is 25.6 Å². The zero-order valence-corrected chi connectivity index (χ0v) is 18.7. The van der Waals surface area contributed by atoms with Crippen LogP contribution in [-0.2, 0) is 16.2 Å². The summed E-state index contributed by atoms with van der Waals surface area (Å²) >= 11 is 0.